The SMILES string of the molecule is CC(C)(C)C1(C)CNCCPC1. The molecule has 1 N–H and O–H groups in total. The van der Waals surface area contributed by atoms with Crippen molar-refractivity contribution in [3.05, 3.63) is 0 Å². The summed E-state index contributed by atoms with van der Waals surface area (Å²) in [6.45, 7) is 11.9. The van der Waals surface area contributed by atoms with Crippen molar-refractivity contribution in [1.29, 1.82) is 0 Å². The van der Waals surface area contributed by atoms with Gasteiger partial charge in [0.25, 0.3) is 0 Å². The number of hydrogen-bond donors (Lipinski definition) is 1. The molecule has 0 amide bonds. The third-order valence-corrected chi connectivity index (χ3v) is 4.95. The Hall–Kier alpha value is 0.390. The maximum atomic E-state index is 3.55. The monoisotopic (exact) mass is 187 g/mol. The molecular formula is C10H22NP. The van der Waals surface area contributed by atoms with Crippen molar-refractivity contribution in [3.8, 4) is 0 Å². The molecule has 0 aliphatic carbocycles. The summed E-state index contributed by atoms with van der Waals surface area (Å²) in [6, 6.07) is 0. The van der Waals surface area contributed by atoms with Gasteiger partial charge in [0.15, 0.2) is 0 Å². The van der Waals surface area contributed by atoms with Crippen LogP contribution in [0.25, 0.3) is 0 Å². The van der Waals surface area contributed by atoms with Crippen LogP contribution in [0.3, 0.4) is 0 Å². The van der Waals surface area contributed by atoms with Crippen LogP contribution < -0.4 is 5.32 Å². The molecule has 2 heteroatoms. The maximum absolute atomic E-state index is 3.55. The van der Waals surface area contributed by atoms with Gasteiger partial charge in [0.1, 0.15) is 0 Å². The minimum absolute atomic E-state index is 0.442. The highest BCUT2D eigenvalue weighted by Crippen LogP contribution is 2.42. The van der Waals surface area contributed by atoms with E-state index >= 15 is 0 Å². The summed E-state index contributed by atoms with van der Waals surface area (Å²) < 4.78 is 0. The fourth-order valence-corrected chi connectivity index (χ4v) is 3.24. The lowest BCUT2D eigenvalue weighted by molar-refractivity contribution is 0.137. The zero-order valence-electron chi connectivity index (χ0n) is 8.83. The van der Waals surface area contributed by atoms with Gasteiger partial charge in [-0.15, -0.1) is 8.58 Å². The Bertz CT molecular complexity index is 140. The molecule has 1 rings (SSSR count). The van der Waals surface area contributed by atoms with Gasteiger partial charge in [-0.05, 0) is 29.7 Å². The summed E-state index contributed by atoms with van der Waals surface area (Å²) in [5.41, 5.74) is 0.944. The first kappa shape index (κ1) is 10.5. The van der Waals surface area contributed by atoms with Crippen molar-refractivity contribution in [2.24, 2.45) is 10.8 Å². The van der Waals surface area contributed by atoms with Crippen molar-refractivity contribution >= 4 is 8.58 Å². The van der Waals surface area contributed by atoms with E-state index in [1.807, 2.05) is 0 Å². The number of hydrogen-bond acceptors (Lipinski definition) is 1. The third kappa shape index (κ3) is 2.20. The van der Waals surface area contributed by atoms with Crippen LogP contribution in [0, 0.1) is 10.8 Å². The maximum Gasteiger partial charge on any atom is 0.00136 e. The van der Waals surface area contributed by atoms with Gasteiger partial charge in [0.2, 0.25) is 0 Å². The molecule has 1 heterocycles. The molecule has 1 aliphatic rings. The molecule has 0 aromatic carbocycles. The molecule has 1 fully saturated rings. The summed E-state index contributed by atoms with van der Waals surface area (Å²) in [5, 5.41) is 3.55. The van der Waals surface area contributed by atoms with E-state index in [2.05, 4.69) is 33.0 Å². The molecule has 0 aromatic rings. The van der Waals surface area contributed by atoms with Crippen molar-refractivity contribution in [3.63, 3.8) is 0 Å². The molecule has 0 bridgehead atoms. The first-order valence-corrected chi connectivity index (χ1v) is 6.29. The lowest BCUT2D eigenvalue weighted by Crippen LogP contribution is -2.42. The molecule has 1 saturated heterocycles. The van der Waals surface area contributed by atoms with E-state index in [0.717, 1.165) is 8.58 Å². The summed E-state index contributed by atoms with van der Waals surface area (Å²) in [7, 11) is 1.16. The Morgan fingerprint density at radius 1 is 1.33 bits per heavy atom. The topological polar surface area (TPSA) is 12.0 Å². The Morgan fingerprint density at radius 2 is 2.00 bits per heavy atom. The molecular weight excluding hydrogens is 165 g/mol. The van der Waals surface area contributed by atoms with Gasteiger partial charge in [-0.25, -0.2) is 0 Å². The summed E-state index contributed by atoms with van der Waals surface area (Å²) in [6.07, 6.45) is 2.79. The fraction of sp³-hybridized carbons (Fsp3) is 1.00. The molecule has 0 radical (unpaired) electrons. The summed E-state index contributed by atoms with van der Waals surface area (Å²) in [4.78, 5) is 0. The summed E-state index contributed by atoms with van der Waals surface area (Å²) >= 11 is 0. The second-order valence-electron chi connectivity index (χ2n) is 5.16. The minimum Gasteiger partial charge on any atom is -0.316 e. The van der Waals surface area contributed by atoms with Crippen molar-refractivity contribution in [2.45, 2.75) is 27.7 Å². The van der Waals surface area contributed by atoms with Gasteiger partial charge >= 0.3 is 0 Å². The molecule has 0 aromatic heterocycles. The van der Waals surface area contributed by atoms with Gasteiger partial charge in [0, 0.05) is 6.54 Å². The Morgan fingerprint density at radius 3 is 2.58 bits per heavy atom. The van der Waals surface area contributed by atoms with E-state index in [0.29, 0.717) is 10.8 Å². The van der Waals surface area contributed by atoms with Gasteiger partial charge in [-0.3, -0.25) is 0 Å². The van der Waals surface area contributed by atoms with Crippen molar-refractivity contribution < 1.29 is 0 Å². The molecule has 0 spiro atoms. The molecule has 72 valence electrons. The fourth-order valence-electron chi connectivity index (χ4n) is 1.50. The smallest absolute Gasteiger partial charge is 0.00136 e. The molecule has 1 nitrogen and oxygen atoms in total. The Labute approximate surface area is 78.5 Å². The van der Waals surface area contributed by atoms with Crippen LogP contribution in [-0.4, -0.2) is 25.4 Å². The number of rotatable bonds is 0. The average Bonchev–Trinajstić information content (AvgIpc) is 2.12. The van der Waals surface area contributed by atoms with E-state index < -0.39 is 0 Å². The van der Waals surface area contributed by atoms with E-state index in [4.69, 9.17) is 0 Å². The van der Waals surface area contributed by atoms with Crippen LogP contribution in [0.15, 0.2) is 0 Å². The van der Waals surface area contributed by atoms with Gasteiger partial charge in [-0.1, -0.05) is 27.7 Å². The first-order valence-electron chi connectivity index (χ1n) is 4.87. The molecule has 12 heavy (non-hydrogen) atoms. The van der Waals surface area contributed by atoms with Crippen LogP contribution in [0.1, 0.15) is 27.7 Å². The van der Waals surface area contributed by atoms with Crippen LogP contribution in [0.5, 0.6) is 0 Å². The quantitative estimate of drug-likeness (QED) is 0.574. The van der Waals surface area contributed by atoms with Gasteiger partial charge in [0.05, 0.1) is 0 Å². The minimum atomic E-state index is 0.442. The van der Waals surface area contributed by atoms with E-state index in [9.17, 15) is 0 Å². The Balaban J connectivity index is 2.67. The standard InChI is InChI=1S/C10H22NP/c1-9(2,3)10(4)7-11-5-6-12-8-10/h11-12H,5-8H2,1-4H3. The molecule has 1 aliphatic heterocycles. The summed E-state index contributed by atoms with van der Waals surface area (Å²) in [5.74, 6) is 0. The first-order chi connectivity index (χ1) is 5.46. The van der Waals surface area contributed by atoms with Crippen LogP contribution >= 0.6 is 8.58 Å². The predicted molar refractivity (Wildman–Crippen MR) is 58.5 cm³/mol. The van der Waals surface area contributed by atoms with Crippen LogP contribution in [0.4, 0.5) is 0 Å². The Kier molecular flexibility index (Phi) is 3.17. The zero-order chi connectivity index (χ0) is 9.24. The highest BCUT2D eigenvalue weighted by Gasteiger charge is 2.37. The highest BCUT2D eigenvalue weighted by molar-refractivity contribution is 7.38. The highest BCUT2D eigenvalue weighted by atomic mass is 31.1. The van der Waals surface area contributed by atoms with Gasteiger partial charge < -0.3 is 5.32 Å². The largest absolute Gasteiger partial charge is 0.316 e. The van der Waals surface area contributed by atoms with Crippen LogP contribution in [-0.2, 0) is 0 Å². The molecule has 0 saturated carbocycles. The average molecular weight is 187 g/mol. The van der Waals surface area contributed by atoms with Crippen molar-refractivity contribution in [1.82, 2.24) is 5.32 Å². The zero-order valence-corrected chi connectivity index (χ0v) is 9.83. The molecule has 2 atom stereocenters. The lowest BCUT2D eigenvalue weighted by atomic mass is 9.69. The number of nitrogens with one attached hydrogen (secondary N) is 1. The second kappa shape index (κ2) is 3.64. The second-order valence-corrected chi connectivity index (χ2v) is 6.52. The lowest BCUT2D eigenvalue weighted by Gasteiger charge is -2.41. The normalized spacial score (nSPS) is 35.0. The predicted octanol–water partition coefficient (Wildman–Crippen LogP) is 2.32. The van der Waals surface area contributed by atoms with Gasteiger partial charge in [-0.2, -0.15) is 0 Å². The van der Waals surface area contributed by atoms with Crippen molar-refractivity contribution in [2.75, 3.05) is 25.4 Å². The van der Waals surface area contributed by atoms with E-state index in [1.165, 1.54) is 25.4 Å². The molecule has 2 unspecified atom stereocenters. The van der Waals surface area contributed by atoms with Crippen LogP contribution in [0.2, 0.25) is 0 Å². The van der Waals surface area contributed by atoms with E-state index in [-0.39, 0.29) is 0 Å². The third-order valence-electron chi connectivity index (χ3n) is 3.32. The van der Waals surface area contributed by atoms with E-state index in [1.54, 1.807) is 0 Å².